The molecule has 9 nitrogen and oxygen atoms in total. The lowest BCUT2D eigenvalue weighted by Gasteiger charge is -2.26. The van der Waals surface area contributed by atoms with Gasteiger partial charge in [-0.05, 0) is 56.2 Å². The fourth-order valence-electron chi connectivity index (χ4n) is 3.70. The number of carbonyl (C=O) groups excluding carboxylic acids is 1. The van der Waals surface area contributed by atoms with E-state index in [4.69, 9.17) is 9.47 Å². The number of hydrogen-bond acceptors (Lipinski definition) is 7. The van der Waals surface area contributed by atoms with Crippen LogP contribution in [0.2, 0.25) is 0 Å². The lowest BCUT2D eigenvalue weighted by atomic mass is 10.2. The monoisotopic (exact) mass is 482 g/mol. The maximum Gasteiger partial charge on any atom is 0.274 e. The van der Waals surface area contributed by atoms with Gasteiger partial charge in [-0.3, -0.25) is 4.79 Å². The van der Waals surface area contributed by atoms with E-state index < -0.39 is 15.9 Å². The SMILES string of the molecule is COc1ccccc1Oc1ccc(S(=O)(=O)N2CCCCC2)cc1NC(=O)c1ccnc(C)n1. The van der Waals surface area contributed by atoms with Crippen molar-refractivity contribution in [2.45, 2.75) is 31.1 Å². The van der Waals surface area contributed by atoms with E-state index in [-0.39, 0.29) is 22.0 Å². The number of nitrogens with one attached hydrogen (secondary N) is 1. The number of rotatable bonds is 7. The number of ether oxygens (including phenoxy) is 2. The summed E-state index contributed by atoms with van der Waals surface area (Å²) in [7, 11) is -2.19. The lowest BCUT2D eigenvalue weighted by molar-refractivity contribution is 0.102. The highest BCUT2D eigenvalue weighted by molar-refractivity contribution is 7.89. The molecule has 10 heteroatoms. The van der Waals surface area contributed by atoms with Crippen molar-refractivity contribution in [3.8, 4) is 17.2 Å². The third kappa shape index (κ3) is 5.18. The van der Waals surface area contributed by atoms with Crippen molar-refractivity contribution in [3.63, 3.8) is 0 Å². The third-order valence-electron chi connectivity index (χ3n) is 5.45. The van der Waals surface area contributed by atoms with E-state index in [0.717, 1.165) is 19.3 Å². The normalized spacial score (nSPS) is 14.4. The molecule has 0 spiro atoms. The van der Waals surface area contributed by atoms with E-state index in [2.05, 4.69) is 15.3 Å². The highest BCUT2D eigenvalue weighted by Gasteiger charge is 2.27. The maximum atomic E-state index is 13.2. The van der Waals surface area contributed by atoms with E-state index in [9.17, 15) is 13.2 Å². The minimum Gasteiger partial charge on any atom is -0.493 e. The molecule has 1 fully saturated rings. The molecule has 0 bridgehead atoms. The van der Waals surface area contributed by atoms with E-state index in [0.29, 0.717) is 30.4 Å². The fourth-order valence-corrected chi connectivity index (χ4v) is 5.24. The number of hydrogen-bond donors (Lipinski definition) is 1. The third-order valence-corrected chi connectivity index (χ3v) is 7.34. The first-order valence-electron chi connectivity index (χ1n) is 10.9. The zero-order valence-corrected chi connectivity index (χ0v) is 19.8. The summed E-state index contributed by atoms with van der Waals surface area (Å²) in [5.74, 6) is 1.12. The molecule has 0 radical (unpaired) electrons. The predicted octanol–water partition coefficient (Wildman–Crippen LogP) is 4.01. The number of amides is 1. The molecule has 0 unspecified atom stereocenters. The van der Waals surface area contributed by atoms with Crippen LogP contribution >= 0.6 is 0 Å². The second-order valence-electron chi connectivity index (χ2n) is 7.82. The fraction of sp³-hybridized carbons (Fsp3) is 0.292. The minimum absolute atomic E-state index is 0.0796. The summed E-state index contributed by atoms with van der Waals surface area (Å²) in [5, 5.41) is 2.75. The molecule has 1 saturated heterocycles. The Bertz CT molecular complexity index is 1290. The van der Waals surface area contributed by atoms with Gasteiger partial charge in [0.05, 0.1) is 17.7 Å². The molecule has 178 valence electrons. The van der Waals surface area contributed by atoms with Crippen molar-refractivity contribution < 1.29 is 22.7 Å². The van der Waals surface area contributed by atoms with Crippen LogP contribution in [0.3, 0.4) is 0 Å². The highest BCUT2D eigenvalue weighted by Crippen LogP contribution is 2.37. The number of sulfonamides is 1. The molecule has 0 saturated carbocycles. The number of nitrogens with zero attached hydrogens (tertiary/aromatic N) is 3. The molecule has 2 aromatic carbocycles. The number of aryl methyl sites for hydroxylation is 1. The molecule has 3 aromatic rings. The molecule has 1 amide bonds. The molecule has 2 heterocycles. The zero-order chi connectivity index (χ0) is 24.1. The predicted molar refractivity (Wildman–Crippen MR) is 127 cm³/mol. The minimum atomic E-state index is -3.72. The Balaban J connectivity index is 1.72. The molecular formula is C24H26N4O5S. The summed E-state index contributed by atoms with van der Waals surface area (Å²) in [6.45, 7) is 2.63. The summed E-state index contributed by atoms with van der Waals surface area (Å²) in [4.78, 5) is 21.1. The van der Waals surface area contributed by atoms with Crippen LogP contribution in [0.1, 0.15) is 35.6 Å². The van der Waals surface area contributed by atoms with Gasteiger partial charge in [0.25, 0.3) is 5.91 Å². The molecule has 4 rings (SSSR count). The number of para-hydroxylation sites is 2. The van der Waals surface area contributed by atoms with Gasteiger partial charge in [-0.1, -0.05) is 18.6 Å². The Morgan fingerprint density at radius 1 is 1.00 bits per heavy atom. The van der Waals surface area contributed by atoms with Gasteiger partial charge < -0.3 is 14.8 Å². The second-order valence-corrected chi connectivity index (χ2v) is 9.76. The average Bonchev–Trinajstić information content (AvgIpc) is 2.85. The number of aromatic nitrogens is 2. The zero-order valence-electron chi connectivity index (χ0n) is 19.0. The first kappa shape index (κ1) is 23.7. The number of methoxy groups -OCH3 is 1. The van der Waals surface area contributed by atoms with Gasteiger partial charge in [0, 0.05) is 19.3 Å². The van der Waals surface area contributed by atoms with Crippen LogP contribution in [-0.4, -0.2) is 48.8 Å². The van der Waals surface area contributed by atoms with Crippen LogP contribution in [0.15, 0.2) is 59.6 Å². The first-order valence-corrected chi connectivity index (χ1v) is 12.4. The summed E-state index contributed by atoms with van der Waals surface area (Å²) in [6, 6.07) is 13.0. The Morgan fingerprint density at radius 2 is 1.74 bits per heavy atom. The van der Waals surface area contributed by atoms with Gasteiger partial charge in [0.1, 0.15) is 11.5 Å². The van der Waals surface area contributed by atoms with E-state index in [1.54, 1.807) is 31.2 Å². The van der Waals surface area contributed by atoms with Gasteiger partial charge in [0.15, 0.2) is 17.2 Å². The summed E-state index contributed by atoms with van der Waals surface area (Å²) in [5.41, 5.74) is 0.352. The molecule has 34 heavy (non-hydrogen) atoms. The molecule has 0 atom stereocenters. The van der Waals surface area contributed by atoms with Crippen LogP contribution < -0.4 is 14.8 Å². The summed E-state index contributed by atoms with van der Waals surface area (Å²) >= 11 is 0. The Hall–Kier alpha value is -3.50. The van der Waals surface area contributed by atoms with Gasteiger partial charge in [0.2, 0.25) is 10.0 Å². The lowest BCUT2D eigenvalue weighted by Crippen LogP contribution is -2.35. The Kier molecular flexibility index (Phi) is 7.09. The van der Waals surface area contributed by atoms with Crippen molar-refractivity contribution in [1.82, 2.24) is 14.3 Å². The van der Waals surface area contributed by atoms with Crippen LogP contribution in [0, 0.1) is 6.92 Å². The van der Waals surface area contributed by atoms with Crippen molar-refractivity contribution in [2.24, 2.45) is 0 Å². The summed E-state index contributed by atoms with van der Waals surface area (Å²) in [6.07, 6.45) is 4.15. The first-order chi connectivity index (χ1) is 16.4. The Labute approximate surface area is 198 Å². The van der Waals surface area contributed by atoms with Crippen molar-refractivity contribution in [3.05, 3.63) is 66.2 Å². The van der Waals surface area contributed by atoms with Crippen LogP contribution in [0.25, 0.3) is 0 Å². The second kappa shape index (κ2) is 10.2. The van der Waals surface area contributed by atoms with Gasteiger partial charge in [-0.25, -0.2) is 18.4 Å². The number of benzene rings is 2. The average molecular weight is 483 g/mol. The van der Waals surface area contributed by atoms with Crippen LogP contribution in [0.4, 0.5) is 5.69 Å². The van der Waals surface area contributed by atoms with Gasteiger partial charge >= 0.3 is 0 Å². The van der Waals surface area contributed by atoms with Crippen LogP contribution in [-0.2, 0) is 10.0 Å². The number of carbonyl (C=O) groups is 1. The van der Waals surface area contributed by atoms with Crippen molar-refractivity contribution in [1.29, 1.82) is 0 Å². The number of piperidine rings is 1. The smallest absolute Gasteiger partial charge is 0.274 e. The topological polar surface area (TPSA) is 111 Å². The maximum absolute atomic E-state index is 13.2. The molecular weight excluding hydrogens is 456 g/mol. The van der Waals surface area contributed by atoms with E-state index in [1.165, 1.54) is 41.9 Å². The van der Waals surface area contributed by atoms with Crippen molar-refractivity contribution in [2.75, 3.05) is 25.5 Å². The van der Waals surface area contributed by atoms with Crippen molar-refractivity contribution >= 4 is 21.6 Å². The molecule has 1 aliphatic heterocycles. The van der Waals surface area contributed by atoms with Gasteiger partial charge in [-0.15, -0.1) is 0 Å². The molecule has 1 N–H and O–H groups in total. The number of anilines is 1. The highest BCUT2D eigenvalue weighted by atomic mass is 32.2. The van der Waals surface area contributed by atoms with Crippen LogP contribution in [0.5, 0.6) is 17.2 Å². The molecule has 1 aromatic heterocycles. The molecule has 1 aliphatic rings. The van der Waals surface area contributed by atoms with E-state index in [1.807, 2.05) is 0 Å². The Morgan fingerprint density at radius 3 is 2.44 bits per heavy atom. The molecule has 0 aliphatic carbocycles. The standard InChI is InChI=1S/C24H26N4O5S/c1-17-25-13-12-19(26-17)24(29)27-20-16-18(34(30,31)28-14-6-3-7-15-28)10-11-21(20)33-23-9-5-4-8-22(23)32-2/h4-5,8-13,16H,3,6-7,14-15H2,1-2H3,(H,27,29). The van der Waals surface area contributed by atoms with Gasteiger partial charge in [-0.2, -0.15) is 4.31 Å². The summed E-state index contributed by atoms with van der Waals surface area (Å²) < 4.78 is 39.3. The quantitative estimate of drug-likeness (QED) is 0.542. The largest absolute Gasteiger partial charge is 0.493 e. The van der Waals surface area contributed by atoms with E-state index >= 15 is 0 Å².